The van der Waals surface area contributed by atoms with Crippen LogP contribution < -0.4 is 4.72 Å². The average molecular weight is 335 g/mol. The molecule has 114 valence electrons. The lowest BCUT2D eigenvalue weighted by molar-refractivity contribution is 0.582. The molecule has 0 radical (unpaired) electrons. The van der Waals surface area contributed by atoms with Gasteiger partial charge in [-0.2, -0.15) is 5.10 Å². The van der Waals surface area contributed by atoms with Gasteiger partial charge < -0.3 is 0 Å². The molecule has 9 heteroatoms. The summed E-state index contributed by atoms with van der Waals surface area (Å²) in [5, 5.41) is 5.82. The van der Waals surface area contributed by atoms with E-state index in [0.717, 1.165) is 5.56 Å². The summed E-state index contributed by atoms with van der Waals surface area (Å²) in [5.41, 5.74) is 1.96. The van der Waals surface area contributed by atoms with Crippen LogP contribution in [-0.4, -0.2) is 28.2 Å². The van der Waals surface area contributed by atoms with Crippen LogP contribution in [0.2, 0.25) is 0 Å². The van der Waals surface area contributed by atoms with Crippen LogP contribution in [0.15, 0.2) is 46.5 Å². The Morgan fingerprint density at radius 1 is 1.32 bits per heavy atom. The molecule has 0 unspecified atom stereocenters. The van der Waals surface area contributed by atoms with Crippen molar-refractivity contribution in [3.8, 4) is 11.3 Å². The van der Waals surface area contributed by atoms with Gasteiger partial charge in [-0.05, 0) is 11.4 Å². The van der Waals surface area contributed by atoms with Crippen molar-refractivity contribution in [3.63, 3.8) is 0 Å². The molecule has 0 aliphatic heterocycles. The molecule has 0 bridgehead atoms. The molecular formula is C13H13N5O2S2. The molecule has 0 aliphatic rings. The predicted octanol–water partition coefficient (Wildman–Crippen LogP) is 1.42. The minimum Gasteiger partial charge on any atom is -0.275 e. The maximum Gasteiger partial charge on any atom is 0.250 e. The lowest BCUT2D eigenvalue weighted by Crippen LogP contribution is -2.23. The zero-order valence-electron chi connectivity index (χ0n) is 11.7. The van der Waals surface area contributed by atoms with Gasteiger partial charge in [0.1, 0.15) is 4.21 Å². The first-order chi connectivity index (χ1) is 10.6. The molecule has 0 aromatic carbocycles. The van der Waals surface area contributed by atoms with Crippen LogP contribution >= 0.6 is 11.3 Å². The largest absolute Gasteiger partial charge is 0.275 e. The molecule has 7 nitrogen and oxygen atoms in total. The molecule has 22 heavy (non-hydrogen) atoms. The Morgan fingerprint density at radius 3 is 2.82 bits per heavy atom. The van der Waals surface area contributed by atoms with Crippen molar-refractivity contribution in [1.82, 2.24) is 24.5 Å². The van der Waals surface area contributed by atoms with Gasteiger partial charge in [0.25, 0.3) is 0 Å². The molecule has 0 spiro atoms. The van der Waals surface area contributed by atoms with E-state index in [1.54, 1.807) is 47.8 Å². The van der Waals surface area contributed by atoms with E-state index in [1.165, 1.54) is 17.5 Å². The topological polar surface area (TPSA) is 89.8 Å². The summed E-state index contributed by atoms with van der Waals surface area (Å²) in [6.45, 7) is 0.0678. The number of hydrogen-bond acceptors (Lipinski definition) is 6. The van der Waals surface area contributed by atoms with Crippen molar-refractivity contribution in [2.24, 2.45) is 7.05 Å². The summed E-state index contributed by atoms with van der Waals surface area (Å²) in [7, 11) is -1.72. The number of rotatable bonds is 5. The summed E-state index contributed by atoms with van der Waals surface area (Å²) in [6, 6.07) is 3.26. The highest BCUT2D eigenvalue weighted by Crippen LogP contribution is 2.20. The third-order valence-corrected chi connectivity index (χ3v) is 5.74. The highest BCUT2D eigenvalue weighted by Gasteiger charge is 2.17. The van der Waals surface area contributed by atoms with Crippen LogP contribution in [0.5, 0.6) is 0 Å². The summed E-state index contributed by atoms with van der Waals surface area (Å²) in [5.74, 6) is 0. The summed E-state index contributed by atoms with van der Waals surface area (Å²) < 4.78 is 28.8. The third-order valence-electron chi connectivity index (χ3n) is 2.94. The fourth-order valence-corrected chi connectivity index (χ4v) is 3.96. The SMILES string of the molecule is Cn1cc(-c2nccnc2CNS(=O)(=O)c2cccs2)cn1. The molecule has 1 N–H and O–H groups in total. The Balaban J connectivity index is 1.85. The lowest BCUT2D eigenvalue weighted by Gasteiger charge is -2.07. The Bertz CT molecular complexity index is 871. The van der Waals surface area contributed by atoms with E-state index in [-0.39, 0.29) is 10.8 Å². The normalized spacial score (nSPS) is 11.7. The number of aryl methyl sites for hydroxylation is 1. The summed E-state index contributed by atoms with van der Waals surface area (Å²) >= 11 is 1.17. The van der Waals surface area contributed by atoms with E-state index in [4.69, 9.17) is 0 Å². The fourth-order valence-electron chi connectivity index (χ4n) is 1.93. The highest BCUT2D eigenvalue weighted by molar-refractivity contribution is 7.91. The molecule has 3 aromatic heterocycles. The first-order valence-corrected chi connectivity index (χ1v) is 8.74. The van der Waals surface area contributed by atoms with E-state index in [9.17, 15) is 8.42 Å². The van der Waals surface area contributed by atoms with Gasteiger partial charge in [-0.15, -0.1) is 11.3 Å². The van der Waals surface area contributed by atoms with Gasteiger partial charge in [0.05, 0.1) is 24.1 Å². The van der Waals surface area contributed by atoms with Crippen LogP contribution in [0, 0.1) is 0 Å². The first kappa shape index (κ1) is 14.8. The first-order valence-electron chi connectivity index (χ1n) is 6.38. The van der Waals surface area contributed by atoms with Gasteiger partial charge >= 0.3 is 0 Å². The molecule has 0 fully saturated rings. The molecule has 3 heterocycles. The zero-order chi connectivity index (χ0) is 15.6. The van der Waals surface area contributed by atoms with Crippen molar-refractivity contribution in [1.29, 1.82) is 0 Å². The second kappa shape index (κ2) is 5.95. The summed E-state index contributed by atoms with van der Waals surface area (Å²) in [4.78, 5) is 8.50. The number of thiophene rings is 1. The second-order valence-electron chi connectivity index (χ2n) is 4.51. The average Bonchev–Trinajstić information content (AvgIpc) is 3.17. The molecule has 0 saturated heterocycles. The van der Waals surface area contributed by atoms with Crippen molar-refractivity contribution in [3.05, 3.63) is 48.0 Å². The van der Waals surface area contributed by atoms with Crippen LogP contribution in [0.25, 0.3) is 11.3 Å². The van der Waals surface area contributed by atoms with E-state index in [1.807, 2.05) is 0 Å². The van der Waals surface area contributed by atoms with Gasteiger partial charge in [-0.1, -0.05) is 6.07 Å². The molecular weight excluding hydrogens is 322 g/mol. The zero-order valence-corrected chi connectivity index (χ0v) is 13.3. The molecule has 0 aliphatic carbocycles. The van der Waals surface area contributed by atoms with E-state index in [2.05, 4.69) is 19.8 Å². The van der Waals surface area contributed by atoms with Crippen molar-refractivity contribution < 1.29 is 8.42 Å². The van der Waals surface area contributed by atoms with E-state index < -0.39 is 10.0 Å². The smallest absolute Gasteiger partial charge is 0.250 e. The Hall–Kier alpha value is -2.10. The number of nitrogens with zero attached hydrogens (tertiary/aromatic N) is 4. The molecule has 0 amide bonds. The maximum atomic E-state index is 12.2. The van der Waals surface area contributed by atoms with Gasteiger partial charge in [-0.25, -0.2) is 13.1 Å². The molecule has 0 saturated carbocycles. The van der Waals surface area contributed by atoms with Crippen LogP contribution in [0.4, 0.5) is 0 Å². The quantitative estimate of drug-likeness (QED) is 0.761. The summed E-state index contributed by atoms with van der Waals surface area (Å²) in [6.07, 6.45) is 6.58. The minimum absolute atomic E-state index is 0.0678. The third kappa shape index (κ3) is 3.06. The van der Waals surface area contributed by atoms with Crippen molar-refractivity contribution in [2.75, 3.05) is 0 Å². The standard InChI is InChI=1S/C13H13N5O2S2/c1-18-9-10(7-16-18)13-11(14-4-5-15-13)8-17-22(19,20)12-3-2-6-21-12/h2-7,9,17H,8H2,1H3. The Kier molecular flexibility index (Phi) is 4.01. The van der Waals surface area contributed by atoms with E-state index >= 15 is 0 Å². The molecule has 3 rings (SSSR count). The number of aromatic nitrogens is 4. The predicted molar refractivity (Wildman–Crippen MR) is 82.6 cm³/mol. The maximum absolute atomic E-state index is 12.2. The van der Waals surface area contributed by atoms with Gasteiger partial charge in [-0.3, -0.25) is 14.6 Å². The fraction of sp³-hybridized carbons (Fsp3) is 0.154. The van der Waals surface area contributed by atoms with Crippen molar-refractivity contribution in [2.45, 2.75) is 10.8 Å². The van der Waals surface area contributed by atoms with Crippen LogP contribution in [-0.2, 0) is 23.6 Å². The second-order valence-corrected chi connectivity index (χ2v) is 7.45. The number of sulfonamides is 1. The van der Waals surface area contributed by atoms with Crippen LogP contribution in [0.1, 0.15) is 5.69 Å². The van der Waals surface area contributed by atoms with Gasteiger partial charge in [0, 0.05) is 31.2 Å². The highest BCUT2D eigenvalue weighted by atomic mass is 32.2. The monoisotopic (exact) mass is 335 g/mol. The molecule has 0 atom stereocenters. The Labute approximate surface area is 131 Å². The number of hydrogen-bond donors (Lipinski definition) is 1. The lowest BCUT2D eigenvalue weighted by atomic mass is 10.2. The minimum atomic E-state index is -3.53. The van der Waals surface area contributed by atoms with E-state index in [0.29, 0.717) is 11.4 Å². The van der Waals surface area contributed by atoms with Gasteiger partial charge in [0.2, 0.25) is 10.0 Å². The number of nitrogens with one attached hydrogen (secondary N) is 1. The van der Waals surface area contributed by atoms with Crippen LogP contribution in [0.3, 0.4) is 0 Å². The Morgan fingerprint density at radius 2 is 2.14 bits per heavy atom. The van der Waals surface area contributed by atoms with Gasteiger partial charge in [0.15, 0.2) is 0 Å². The molecule has 3 aromatic rings. The van der Waals surface area contributed by atoms with Crippen molar-refractivity contribution >= 4 is 21.4 Å².